The molecule has 1 saturated heterocycles. The number of hydrogen-bond acceptors (Lipinski definition) is 2. The first-order valence-electron chi connectivity index (χ1n) is 6.93. The Morgan fingerprint density at radius 2 is 1.83 bits per heavy atom. The molecule has 0 radical (unpaired) electrons. The lowest BCUT2D eigenvalue weighted by atomic mass is 9.98. The van der Waals surface area contributed by atoms with Crippen LogP contribution in [0, 0.1) is 5.82 Å². The van der Waals surface area contributed by atoms with E-state index in [-0.39, 0.29) is 17.9 Å². The molecule has 2 N–H and O–H groups in total. The summed E-state index contributed by atoms with van der Waals surface area (Å²) in [5.74, 6) is -0.173. The van der Waals surface area contributed by atoms with E-state index in [0.29, 0.717) is 0 Å². The lowest BCUT2D eigenvalue weighted by Gasteiger charge is -2.33. The predicted octanol–water partition coefficient (Wildman–Crippen LogP) is 3.09. The van der Waals surface area contributed by atoms with E-state index < -0.39 is 0 Å². The van der Waals surface area contributed by atoms with Crippen LogP contribution in [0.4, 0.5) is 4.39 Å². The van der Waals surface area contributed by atoms with Crippen LogP contribution in [0.25, 0.3) is 0 Å². The fraction of sp³-hybridized carbons (Fsp3) is 0.600. The molecule has 0 amide bonds. The van der Waals surface area contributed by atoms with Crippen LogP contribution < -0.4 is 5.73 Å². The molecule has 1 heterocycles. The molecule has 0 saturated carbocycles. The zero-order chi connectivity index (χ0) is 13.0. The van der Waals surface area contributed by atoms with Gasteiger partial charge in [0, 0.05) is 12.1 Å². The van der Waals surface area contributed by atoms with Gasteiger partial charge < -0.3 is 5.73 Å². The van der Waals surface area contributed by atoms with E-state index in [9.17, 15) is 4.39 Å². The summed E-state index contributed by atoms with van der Waals surface area (Å²) in [4.78, 5) is 2.42. The molecule has 1 aromatic rings. The molecule has 2 atom stereocenters. The Balaban J connectivity index is 2.21. The van der Waals surface area contributed by atoms with E-state index in [1.165, 1.54) is 31.7 Å². The van der Waals surface area contributed by atoms with Crippen LogP contribution in [-0.4, -0.2) is 24.0 Å². The van der Waals surface area contributed by atoms with Crippen molar-refractivity contribution in [3.05, 3.63) is 35.6 Å². The van der Waals surface area contributed by atoms with Crippen molar-refractivity contribution in [1.29, 1.82) is 0 Å². The van der Waals surface area contributed by atoms with Crippen molar-refractivity contribution in [1.82, 2.24) is 4.90 Å². The van der Waals surface area contributed by atoms with E-state index >= 15 is 0 Å². The Hall–Kier alpha value is -0.930. The third-order valence-corrected chi connectivity index (χ3v) is 3.72. The van der Waals surface area contributed by atoms with Crippen molar-refractivity contribution in [2.75, 3.05) is 13.1 Å². The average Bonchev–Trinajstić information content (AvgIpc) is 2.58. The zero-order valence-corrected chi connectivity index (χ0v) is 11.1. The fourth-order valence-corrected chi connectivity index (χ4v) is 2.91. The van der Waals surface area contributed by atoms with Gasteiger partial charge in [0.1, 0.15) is 5.82 Å². The van der Waals surface area contributed by atoms with Gasteiger partial charge in [0.2, 0.25) is 0 Å². The van der Waals surface area contributed by atoms with Gasteiger partial charge in [0.05, 0.1) is 0 Å². The second-order valence-corrected chi connectivity index (χ2v) is 5.31. The molecule has 0 aliphatic carbocycles. The smallest absolute Gasteiger partial charge is 0.123 e. The largest absolute Gasteiger partial charge is 0.326 e. The molecule has 1 fully saturated rings. The van der Waals surface area contributed by atoms with Crippen LogP contribution >= 0.6 is 0 Å². The van der Waals surface area contributed by atoms with E-state index in [2.05, 4.69) is 4.90 Å². The number of halogens is 1. The minimum Gasteiger partial charge on any atom is -0.326 e. The minimum absolute atomic E-state index is 0.0184. The number of nitrogens with zero attached hydrogens (tertiary/aromatic N) is 1. The highest BCUT2D eigenvalue weighted by atomic mass is 19.1. The second-order valence-electron chi connectivity index (χ2n) is 5.31. The lowest BCUT2D eigenvalue weighted by Crippen LogP contribution is -2.40. The van der Waals surface area contributed by atoms with Crippen molar-refractivity contribution < 1.29 is 4.39 Å². The third kappa shape index (κ3) is 3.30. The van der Waals surface area contributed by atoms with Gasteiger partial charge >= 0.3 is 0 Å². The summed E-state index contributed by atoms with van der Waals surface area (Å²) in [6.45, 7) is 4.16. The molecule has 1 aliphatic rings. The van der Waals surface area contributed by atoms with Gasteiger partial charge in [-0.2, -0.15) is 0 Å². The molecule has 1 aromatic carbocycles. The van der Waals surface area contributed by atoms with Gasteiger partial charge in [-0.1, -0.05) is 25.0 Å². The van der Waals surface area contributed by atoms with Crippen molar-refractivity contribution >= 4 is 0 Å². The van der Waals surface area contributed by atoms with Crippen LogP contribution in [0.15, 0.2) is 24.3 Å². The first-order chi connectivity index (χ1) is 8.68. The predicted molar refractivity (Wildman–Crippen MR) is 72.8 cm³/mol. The molecular weight excluding hydrogens is 227 g/mol. The molecule has 18 heavy (non-hydrogen) atoms. The number of rotatable bonds is 3. The maximum atomic E-state index is 13.4. The Morgan fingerprint density at radius 1 is 1.17 bits per heavy atom. The monoisotopic (exact) mass is 250 g/mol. The first-order valence-corrected chi connectivity index (χ1v) is 6.93. The number of benzene rings is 1. The number of nitrogens with two attached hydrogens (primary N) is 1. The molecule has 2 nitrogen and oxygen atoms in total. The van der Waals surface area contributed by atoms with Gasteiger partial charge in [-0.05, 0) is 50.6 Å². The summed E-state index contributed by atoms with van der Waals surface area (Å²) in [6.07, 6.45) is 5.04. The van der Waals surface area contributed by atoms with Gasteiger partial charge in [-0.3, -0.25) is 4.90 Å². The van der Waals surface area contributed by atoms with Crippen molar-refractivity contribution in [2.45, 2.75) is 44.7 Å². The van der Waals surface area contributed by atoms with Crippen molar-refractivity contribution in [2.24, 2.45) is 5.73 Å². The van der Waals surface area contributed by atoms with E-state index in [0.717, 1.165) is 18.7 Å². The normalized spacial score (nSPS) is 21.3. The topological polar surface area (TPSA) is 29.3 Å². The standard InChI is InChI=1S/C15H23FN2/c1-12(17)15(13-7-6-8-14(16)11-13)18-9-4-2-3-5-10-18/h6-8,11-12,15H,2-5,9-10,17H2,1H3. The molecule has 2 rings (SSSR count). The van der Waals surface area contributed by atoms with Crippen LogP contribution in [0.2, 0.25) is 0 Å². The molecular formula is C15H23FN2. The van der Waals surface area contributed by atoms with Gasteiger partial charge in [-0.25, -0.2) is 4.39 Å². The van der Waals surface area contributed by atoms with Crippen molar-refractivity contribution in [3.8, 4) is 0 Å². The Bertz CT molecular complexity index is 371. The third-order valence-electron chi connectivity index (χ3n) is 3.72. The molecule has 0 spiro atoms. The van der Waals surface area contributed by atoms with E-state index in [1.807, 2.05) is 13.0 Å². The summed E-state index contributed by atoms with van der Waals surface area (Å²) < 4.78 is 13.4. The first kappa shape index (κ1) is 13.5. The maximum Gasteiger partial charge on any atom is 0.123 e. The minimum atomic E-state index is -0.173. The summed E-state index contributed by atoms with van der Waals surface area (Å²) in [6, 6.07) is 7.03. The highest BCUT2D eigenvalue weighted by Crippen LogP contribution is 2.26. The molecule has 100 valence electrons. The Morgan fingerprint density at radius 3 is 2.39 bits per heavy atom. The molecule has 1 aliphatic heterocycles. The van der Waals surface area contributed by atoms with Crippen LogP contribution in [-0.2, 0) is 0 Å². The number of likely N-dealkylation sites (tertiary alicyclic amines) is 1. The van der Waals surface area contributed by atoms with E-state index in [1.54, 1.807) is 12.1 Å². The van der Waals surface area contributed by atoms with Crippen LogP contribution in [0.5, 0.6) is 0 Å². The molecule has 0 aromatic heterocycles. The average molecular weight is 250 g/mol. The van der Waals surface area contributed by atoms with Gasteiger partial charge in [-0.15, -0.1) is 0 Å². The van der Waals surface area contributed by atoms with Crippen LogP contribution in [0.1, 0.15) is 44.2 Å². The van der Waals surface area contributed by atoms with Gasteiger partial charge in [0.15, 0.2) is 0 Å². The summed E-state index contributed by atoms with van der Waals surface area (Å²) >= 11 is 0. The Labute approximate surface area is 109 Å². The second kappa shape index (κ2) is 6.30. The summed E-state index contributed by atoms with van der Waals surface area (Å²) in [5.41, 5.74) is 7.14. The molecule has 3 heteroatoms. The summed E-state index contributed by atoms with van der Waals surface area (Å²) in [5, 5.41) is 0. The SMILES string of the molecule is CC(N)C(c1cccc(F)c1)N1CCCCCC1. The van der Waals surface area contributed by atoms with Gasteiger partial charge in [0.25, 0.3) is 0 Å². The highest BCUT2D eigenvalue weighted by molar-refractivity contribution is 5.21. The molecule has 0 bridgehead atoms. The van der Waals surface area contributed by atoms with Crippen molar-refractivity contribution in [3.63, 3.8) is 0 Å². The Kier molecular flexibility index (Phi) is 4.72. The fourth-order valence-electron chi connectivity index (χ4n) is 2.91. The van der Waals surface area contributed by atoms with E-state index in [4.69, 9.17) is 5.73 Å². The van der Waals surface area contributed by atoms with Crippen LogP contribution in [0.3, 0.4) is 0 Å². The maximum absolute atomic E-state index is 13.4. The quantitative estimate of drug-likeness (QED) is 0.893. The highest BCUT2D eigenvalue weighted by Gasteiger charge is 2.24. The molecule has 2 unspecified atom stereocenters. The lowest BCUT2D eigenvalue weighted by molar-refractivity contribution is 0.183. The zero-order valence-electron chi connectivity index (χ0n) is 11.1. The summed E-state index contributed by atoms with van der Waals surface area (Å²) in [7, 11) is 0. The number of hydrogen-bond donors (Lipinski definition) is 1.